The largest absolute Gasteiger partial charge is 0.507 e. The fraction of sp³-hybridized carbons (Fsp3) is 0.333. The Kier molecular flexibility index (Phi) is 4.83. The van der Waals surface area contributed by atoms with E-state index in [2.05, 4.69) is 4.85 Å². The van der Waals surface area contributed by atoms with Crippen molar-refractivity contribution < 1.29 is 4.74 Å². The number of ether oxygens (including phenoxy) is 1. The van der Waals surface area contributed by atoms with Crippen molar-refractivity contribution in [2.45, 2.75) is 0 Å². The first-order valence-electron chi connectivity index (χ1n) is 3.56. The molecule has 68 valence electrons. The second kappa shape index (κ2) is 5.68. The summed E-state index contributed by atoms with van der Waals surface area (Å²) >= 11 is 0. The second-order valence-corrected chi connectivity index (χ2v) is 2.42. The molecule has 0 aliphatic heterocycles. The van der Waals surface area contributed by atoms with Gasteiger partial charge < -0.3 is 9.64 Å². The van der Waals surface area contributed by atoms with Crippen LogP contribution >= 0.6 is 0 Å². The Morgan fingerprint density at radius 1 is 1.62 bits per heavy atom. The molecule has 0 spiro atoms. The van der Waals surface area contributed by atoms with Gasteiger partial charge in [-0.1, -0.05) is 0 Å². The summed E-state index contributed by atoms with van der Waals surface area (Å²) in [5.41, 5.74) is -0.0411. The minimum Gasteiger partial charge on any atom is -0.507 e. The van der Waals surface area contributed by atoms with E-state index in [9.17, 15) is 0 Å². The quantitative estimate of drug-likeness (QED) is 0.283. The van der Waals surface area contributed by atoms with Gasteiger partial charge in [-0.3, -0.25) is 0 Å². The Labute approximate surface area is 78.1 Å². The number of hydrogen-bond acceptors (Lipinski definition) is 3. The molecular weight excluding hydrogens is 166 g/mol. The number of allylic oxidation sites excluding steroid dienone is 2. The van der Waals surface area contributed by atoms with Gasteiger partial charge in [0.05, 0.1) is 19.8 Å². The molecule has 0 heterocycles. The molecule has 0 radical (unpaired) electrons. The minimum absolute atomic E-state index is 0.0411. The molecule has 0 fully saturated rings. The Bertz CT molecular complexity index is 286. The summed E-state index contributed by atoms with van der Waals surface area (Å²) in [6.45, 7) is 6.70. The molecule has 0 aliphatic rings. The number of hydrogen-bond donors (Lipinski definition) is 0. The normalized spacial score (nSPS) is 11.5. The zero-order valence-corrected chi connectivity index (χ0v) is 7.90. The second-order valence-electron chi connectivity index (χ2n) is 2.42. The highest BCUT2D eigenvalue weighted by atomic mass is 16.5. The first-order valence-corrected chi connectivity index (χ1v) is 3.56. The summed E-state index contributed by atoms with van der Waals surface area (Å²) in [5, 5.41) is 8.54. The van der Waals surface area contributed by atoms with Crippen LogP contribution in [0.2, 0.25) is 0 Å². The highest BCUT2D eigenvalue weighted by Crippen LogP contribution is 2.07. The standard InChI is InChI=1S/C9H11N3O/c1-11-8(7-10)9(13-4)5-6-12(2)3/h5-6H,2-4H3/b6-5+,9-8-. The maximum Gasteiger partial charge on any atom is 0.302 e. The van der Waals surface area contributed by atoms with E-state index < -0.39 is 0 Å². The van der Waals surface area contributed by atoms with Crippen molar-refractivity contribution in [3.05, 3.63) is 35.1 Å². The molecule has 0 saturated heterocycles. The van der Waals surface area contributed by atoms with E-state index >= 15 is 0 Å². The lowest BCUT2D eigenvalue weighted by atomic mass is 10.3. The third kappa shape index (κ3) is 3.83. The first kappa shape index (κ1) is 11.1. The van der Waals surface area contributed by atoms with Crippen LogP contribution < -0.4 is 0 Å². The molecule has 0 aromatic carbocycles. The summed E-state index contributed by atoms with van der Waals surface area (Å²) < 4.78 is 4.87. The van der Waals surface area contributed by atoms with E-state index in [1.54, 1.807) is 23.2 Å². The molecule has 0 rings (SSSR count). The van der Waals surface area contributed by atoms with Crippen LogP contribution in [-0.4, -0.2) is 26.1 Å². The summed E-state index contributed by atoms with van der Waals surface area (Å²) in [6, 6.07) is 1.76. The molecular formula is C9H11N3O. The zero-order chi connectivity index (χ0) is 10.3. The van der Waals surface area contributed by atoms with Crippen molar-refractivity contribution in [1.29, 1.82) is 5.26 Å². The van der Waals surface area contributed by atoms with Gasteiger partial charge in [0, 0.05) is 20.3 Å². The van der Waals surface area contributed by atoms with Crippen LogP contribution in [0, 0.1) is 17.9 Å². The van der Waals surface area contributed by atoms with Gasteiger partial charge in [-0.25, -0.2) is 10.1 Å². The van der Waals surface area contributed by atoms with Crippen molar-refractivity contribution in [2.24, 2.45) is 0 Å². The van der Waals surface area contributed by atoms with Gasteiger partial charge >= 0.3 is 5.70 Å². The van der Waals surface area contributed by atoms with Gasteiger partial charge in [0.25, 0.3) is 0 Å². The van der Waals surface area contributed by atoms with Gasteiger partial charge in [0.2, 0.25) is 0 Å². The molecule has 13 heavy (non-hydrogen) atoms. The Balaban J connectivity index is 4.82. The van der Waals surface area contributed by atoms with Crippen LogP contribution in [0.1, 0.15) is 0 Å². The average Bonchev–Trinajstić information content (AvgIpc) is 2.11. The van der Waals surface area contributed by atoms with Crippen molar-refractivity contribution in [2.75, 3.05) is 21.2 Å². The third-order valence-corrected chi connectivity index (χ3v) is 1.20. The first-order chi connectivity index (χ1) is 6.15. The summed E-state index contributed by atoms with van der Waals surface area (Å²) in [5.74, 6) is 0.284. The van der Waals surface area contributed by atoms with Gasteiger partial charge in [0.15, 0.2) is 0 Å². The van der Waals surface area contributed by atoms with Crippen LogP contribution in [0.3, 0.4) is 0 Å². The maximum absolute atomic E-state index is 8.54. The SMILES string of the molecule is [C-]#[N+]/C(C#N)=C(/C=C/N(C)C)OC. The van der Waals surface area contributed by atoms with E-state index in [0.717, 1.165) is 0 Å². The smallest absolute Gasteiger partial charge is 0.302 e. The van der Waals surface area contributed by atoms with Crippen LogP contribution in [0.4, 0.5) is 0 Å². The molecule has 4 heteroatoms. The van der Waals surface area contributed by atoms with Crippen LogP contribution in [0.15, 0.2) is 23.7 Å². The molecule has 0 aliphatic carbocycles. The van der Waals surface area contributed by atoms with Crippen molar-refractivity contribution >= 4 is 0 Å². The zero-order valence-electron chi connectivity index (χ0n) is 7.90. The molecule has 0 atom stereocenters. The number of nitriles is 1. The molecule has 4 nitrogen and oxygen atoms in total. The van der Waals surface area contributed by atoms with E-state index in [1.165, 1.54) is 7.11 Å². The Morgan fingerprint density at radius 2 is 2.23 bits per heavy atom. The molecule has 0 saturated carbocycles. The van der Waals surface area contributed by atoms with Crippen molar-refractivity contribution in [1.82, 2.24) is 4.90 Å². The summed E-state index contributed by atoms with van der Waals surface area (Å²) in [7, 11) is 5.11. The molecule has 0 aromatic heterocycles. The fourth-order valence-corrected chi connectivity index (χ4v) is 0.596. The van der Waals surface area contributed by atoms with Crippen molar-refractivity contribution in [3.63, 3.8) is 0 Å². The third-order valence-electron chi connectivity index (χ3n) is 1.20. The number of nitrogens with zero attached hydrogens (tertiary/aromatic N) is 3. The molecule has 0 N–H and O–H groups in total. The van der Waals surface area contributed by atoms with E-state index in [4.69, 9.17) is 16.6 Å². The lowest BCUT2D eigenvalue weighted by Crippen LogP contribution is -2.00. The highest BCUT2D eigenvalue weighted by Gasteiger charge is 2.02. The predicted octanol–water partition coefficient (Wildman–Crippen LogP) is 1.36. The fourth-order valence-electron chi connectivity index (χ4n) is 0.596. The van der Waals surface area contributed by atoms with Gasteiger partial charge in [-0.05, 0) is 6.08 Å². The predicted molar refractivity (Wildman–Crippen MR) is 49.1 cm³/mol. The Hall–Kier alpha value is -1.94. The minimum atomic E-state index is -0.0411. The lowest BCUT2D eigenvalue weighted by molar-refractivity contribution is 0.303. The topological polar surface area (TPSA) is 40.6 Å². The van der Waals surface area contributed by atoms with Crippen LogP contribution in [-0.2, 0) is 4.74 Å². The molecule has 0 unspecified atom stereocenters. The van der Waals surface area contributed by atoms with Crippen molar-refractivity contribution in [3.8, 4) is 6.07 Å². The lowest BCUT2D eigenvalue weighted by Gasteiger charge is -2.04. The van der Waals surface area contributed by atoms with Gasteiger partial charge in [0.1, 0.15) is 5.76 Å². The maximum atomic E-state index is 8.54. The summed E-state index contributed by atoms with van der Waals surface area (Å²) in [6.07, 6.45) is 3.29. The molecule has 0 amide bonds. The Morgan fingerprint density at radius 3 is 2.54 bits per heavy atom. The molecule has 0 aromatic rings. The van der Waals surface area contributed by atoms with E-state index in [-0.39, 0.29) is 11.5 Å². The molecule has 0 bridgehead atoms. The number of rotatable bonds is 3. The monoisotopic (exact) mass is 177 g/mol. The summed E-state index contributed by atoms with van der Waals surface area (Å²) in [4.78, 5) is 4.82. The van der Waals surface area contributed by atoms with E-state index in [1.807, 2.05) is 14.1 Å². The van der Waals surface area contributed by atoms with E-state index in [0.29, 0.717) is 0 Å². The number of methoxy groups -OCH3 is 1. The van der Waals surface area contributed by atoms with Gasteiger partial charge in [-0.2, -0.15) is 0 Å². The average molecular weight is 177 g/mol. The highest BCUT2D eigenvalue weighted by molar-refractivity contribution is 5.35. The van der Waals surface area contributed by atoms with Crippen LogP contribution in [0.25, 0.3) is 4.85 Å². The van der Waals surface area contributed by atoms with Crippen LogP contribution in [0.5, 0.6) is 0 Å². The van der Waals surface area contributed by atoms with Gasteiger partial charge in [-0.15, -0.1) is 0 Å².